The molecule has 0 spiro atoms. The predicted octanol–water partition coefficient (Wildman–Crippen LogP) is 2.17. The number of halogens is 2. The zero-order valence-electron chi connectivity index (χ0n) is 8.09. The summed E-state index contributed by atoms with van der Waals surface area (Å²) < 4.78 is 27.0. The summed E-state index contributed by atoms with van der Waals surface area (Å²) in [4.78, 5) is 0. The molecule has 1 aromatic rings. The summed E-state index contributed by atoms with van der Waals surface area (Å²) in [6, 6.07) is 0. The average Bonchev–Trinajstić information content (AvgIpc) is 2.53. The van der Waals surface area contributed by atoms with Crippen molar-refractivity contribution in [3.05, 3.63) is 11.4 Å². The van der Waals surface area contributed by atoms with Crippen molar-refractivity contribution in [3.8, 4) is 0 Å². The molecule has 0 aromatic carbocycles. The molecule has 0 aliphatic heterocycles. The number of thiol groups is 1. The fraction of sp³-hybridized carbons (Fsp3) is 0.750. The maximum Gasteiger partial charge on any atom is 0.304 e. The third-order valence-electron chi connectivity index (χ3n) is 1.95. The molecule has 0 fully saturated rings. The average molecular weight is 221 g/mol. The number of hydrogen-bond donors (Lipinski definition) is 2. The van der Waals surface area contributed by atoms with Gasteiger partial charge in [-0.05, 0) is 13.3 Å². The normalized spacial score (nSPS) is 14.4. The van der Waals surface area contributed by atoms with Crippen LogP contribution < -0.4 is 0 Å². The van der Waals surface area contributed by atoms with E-state index in [0.29, 0.717) is 12.1 Å². The van der Waals surface area contributed by atoms with Crippen LogP contribution in [0.4, 0.5) is 8.78 Å². The van der Waals surface area contributed by atoms with Crippen molar-refractivity contribution < 1.29 is 8.78 Å². The van der Waals surface area contributed by atoms with E-state index in [9.17, 15) is 8.78 Å². The minimum Gasteiger partial charge on any atom is -0.198 e. The molecule has 1 N–H and O–H groups in total. The van der Waals surface area contributed by atoms with Crippen LogP contribution in [-0.2, 0) is 12.3 Å². The highest BCUT2D eigenvalue weighted by atomic mass is 32.1. The van der Waals surface area contributed by atoms with Gasteiger partial charge in [0.15, 0.2) is 5.69 Å². The van der Waals surface area contributed by atoms with E-state index in [1.165, 1.54) is 6.92 Å². The van der Waals surface area contributed by atoms with E-state index < -0.39 is 11.2 Å². The third-order valence-corrected chi connectivity index (χ3v) is 2.27. The van der Waals surface area contributed by atoms with Crippen LogP contribution in [-0.4, -0.2) is 20.7 Å². The monoisotopic (exact) mass is 221 g/mol. The summed E-state index contributed by atoms with van der Waals surface area (Å²) >= 11 is 3.75. The lowest BCUT2D eigenvalue weighted by Crippen LogP contribution is -2.25. The van der Waals surface area contributed by atoms with Gasteiger partial charge in [-0.1, -0.05) is 13.3 Å². The first-order chi connectivity index (χ1) is 6.50. The van der Waals surface area contributed by atoms with Crippen molar-refractivity contribution in [1.82, 2.24) is 15.4 Å². The van der Waals surface area contributed by atoms with Crippen molar-refractivity contribution in [2.24, 2.45) is 0 Å². The maximum atomic E-state index is 13.5. The van der Waals surface area contributed by atoms with Gasteiger partial charge in [-0.3, -0.25) is 0 Å². The lowest BCUT2D eigenvalue weighted by Gasteiger charge is -2.17. The molecule has 3 nitrogen and oxygen atoms in total. The molecule has 0 amide bonds. The molecule has 0 bridgehead atoms. The molecule has 6 heteroatoms. The number of nitrogens with zero attached hydrogens (tertiary/aromatic N) is 2. The Balaban J connectivity index is 2.99. The van der Waals surface area contributed by atoms with Crippen molar-refractivity contribution in [2.45, 2.75) is 37.9 Å². The SMILES string of the molecule is CCCc1n[nH]nc1C(F)(F)C(C)S. The van der Waals surface area contributed by atoms with E-state index in [1.54, 1.807) is 0 Å². The second kappa shape index (κ2) is 4.25. The number of aromatic amines is 1. The lowest BCUT2D eigenvalue weighted by molar-refractivity contribution is -0.00688. The zero-order chi connectivity index (χ0) is 10.8. The van der Waals surface area contributed by atoms with E-state index in [0.717, 1.165) is 6.42 Å². The van der Waals surface area contributed by atoms with Crippen molar-refractivity contribution in [3.63, 3.8) is 0 Å². The molecule has 0 radical (unpaired) electrons. The Hall–Kier alpha value is -0.650. The zero-order valence-corrected chi connectivity index (χ0v) is 8.98. The van der Waals surface area contributed by atoms with Crippen LogP contribution in [0.2, 0.25) is 0 Å². The van der Waals surface area contributed by atoms with Crippen LogP contribution in [0, 0.1) is 0 Å². The van der Waals surface area contributed by atoms with E-state index in [4.69, 9.17) is 0 Å². The molecule has 0 aliphatic rings. The molecular formula is C8H13F2N3S. The van der Waals surface area contributed by atoms with Gasteiger partial charge in [0.25, 0.3) is 0 Å². The summed E-state index contributed by atoms with van der Waals surface area (Å²) in [5.41, 5.74) is 0.0558. The molecule has 1 atom stereocenters. The molecule has 14 heavy (non-hydrogen) atoms. The number of aromatic nitrogens is 3. The Labute approximate surface area is 86.7 Å². The number of H-pyrrole nitrogens is 1. The molecule has 1 aromatic heterocycles. The summed E-state index contributed by atoms with van der Waals surface area (Å²) in [6.07, 6.45) is 1.26. The second-order valence-corrected chi connectivity index (χ2v) is 3.94. The van der Waals surface area contributed by atoms with E-state index in [2.05, 4.69) is 28.0 Å². The highest BCUT2D eigenvalue weighted by molar-refractivity contribution is 7.81. The van der Waals surface area contributed by atoms with Gasteiger partial charge in [0.2, 0.25) is 0 Å². The second-order valence-electron chi connectivity index (χ2n) is 3.17. The smallest absolute Gasteiger partial charge is 0.198 e. The van der Waals surface area contributed by atoms with E-state index in [-0.39, 0.29) is 5.69 Å². The Kier molecular flexibility index (Phi) is 3.47. The van der Waals surface area contributed by atoms with Crippen molar-refractivity contribution >= 4 is 12.6 Å². The van der Waals surface area contributed by atoms with Gasteiger partial charge in [-0.25, -0.2) is 0 Å². The first-order valence-corrected chi connectivity index (χ1v) is 4.97. The molecule has 1 unspecified atom stereocenters. The Morgan fingerprint density at radius 2 is 2.14 bits per heavy atom. The number of aryl methyl sites for hydroxylation is 1. The standard InChI is InChI=1S/C8H13F2N3S/c1-3-4-6-7(12-13-11-6)8(9,10)5(2)14/h5,14H,3-4H2,1-2H3,(H,11,12,13). The first kappa shape index (κ1) is 11.4. The van der Waals surface area contributed by atoms with Crippen molar-refractivity contribution in [1.29, 1.82) is 0 Å². The number of rotatable bonds is 4. The topological polar surface area (TPSA) is 41.6 Å². The van der Waals surface area contributed by atoms with Gasteiger partial charge in [0.1, 0.15) is 0 Å². The van der Waals surface area contributed by atoms with E-state index >= 15 is 0 Å². The maximum absolute atomic E-state index is 13.5. The van der Waals surface area contributed by atoms with Gasteiger partial charge < -0.3 is 0 Å². The summed E-state index contributed by atoms with van der Waals surface area (Å²) in [6.45, 7) is 3.24. The molecule has 0 aliphatic carbocycles. The fourth-order valence-electron chi connectivity index (χ4n) is 1.13. The van der Waals surface area contributed by atoms with Gasteiger partial charge in [-0.2, -0.15) is 36.8 Å². The van der Waals surface area contributed by atoms with Gasteiger partial charge in [-0.15, -0.1) is 0 Å². The third kappa shape index (κ3) is 2.05. The van der Waals surface area contributed by atoms with Crippen LogP contribution >= 0.6 is 12.6 Å². The van der Waals surface area contributed by atoms with E-state index in [1.807, 2.05) is 6.92 Å². The Morgan fingerprint density at radius 3 is 2.64 bits per heavy atom. The van der Waals surface area contributed by atoms with Crippen molar-refractivity contribution in [2.75, 3.05) is 0 Å². The lowest BCUT2D eigenvalue weighted by atomic mass is 10.1. The molecule has 0 saturated carbocycles. The highest BCUT2D eigenvalue weighted by Gasteiger charge is 2.41. The number of alkyl halides is 2. The highest BCUT2D eigenvalue weighted by Crippen LogP contribution is 2.34. The van der Waals surface area contributed by atoms with Gasteiger partial charge in [0.05, 0.1) is 10.9 Å². The Bertz CT molecular complexity index is 299. The van der Waals surface area contributed by atoms with Gasteiger partial charge >= 0.3 is 5.92 Å². The molecule has 1 rings (SSSR count). The summed E-state index contributed by atoms with van der Waals surface area (Å²) in [5.74, 6) is -3.03. The minimum absolute atomic E-state index is 0.276. The number of hydrogen-bond acceptors (Lipinski definition) is 3. The molecule has 1 heterocycles. The minimum atomic E-state index is -3.03. The first-order valence-electron chi connectivity index (χ1n) is 4.46. The number of nitrogens with one attached hydrogen (secondary N) is 1. The van der Waals surface area contributed by atoms with Crippen LogP contribution in [0.5, 0.6) is 0 Å². The largest absolute Gasteiger partial charge is 0.304 e. The van der Waals surface area contributed by atoms with Crippen LogP contribution in [0.15, 0.2) is 0 Å². The predicted molar refractivity (Wildman–Crippen MR) is 52.7 cm³/mol. The molecular weight excluding hydrogens is 208 g/mol. The molecule has 80 valence electrons. The van der Waals surface area contributed by atoms with Crippen LogP contribution in [0.25, 0.3) is 0 Å². The van der Waals surface area contributed by atoms with Gasteiger partial charge in [0, 0.05) is 0 Å². The van der Waals surface area contributed by atoms with Crippen LogP contribution in [0.3, 0.4) is 0 Å². The Morgan fingerprint density at radius 1 is 1.50 bits per heavy atom. The molecule has 0 saturated heterocycles. The summed E-state index contributed by atoms with van der Waals surface area (Å²) in [7, 11) is 0. The fourth-order valence-corrected chi connectivity index (χ4v) is 1.25. The quantitative estimate of drug-likeness (QED) is 0.765. The summed E-state index contributed by atoms with van der Waals surface area (Å²) in [5, 5.41) is 8.36. The van der Waals surface area contributed by atoms with Crippen LogP contribution in [0.1, 0.15) is 31.7 Å².